The molecule has 0 aromatic carbocycles. The van der Waals surface area contributed by atoms with Crippen molar-refractivity contribution < 1.29 is 0 Å². The van der Waals surface area contributed by atoms with Crippen LogP contribution in [0.1, 0.15) is 71.6 Å². The highest BCUT2D eigenvalue weighted by Gasteiger charge is 2.36. The summed E-state index contributed by atoms with van der Waals surface area (Å²) in [6.07, 6.45) is 12.9. The third kappa shape index (κ3) is 3.95. The van der Waals surface area contributed by atoms with Crippen molar-refractivity contribution in [2.75, 3.05) is 20.1 Å². The second-order valence-electron chi connectivity index (χ2n) is 7.28. The van der Waals surface area contributed by atoms with E-state index in [2.05, 4.69) is 31.1 Å². The maximum Gasteiger partial charge on any atom is 0.0306 e. The summed E-state index contributed by atoms with van der Waals surface area (Å²) in [7, 11) is 2.17. The Hall–Kier alpha value is -0.0800. The lowest BCUT2D eigenvalue weighted by atomic mass is 9.84. The molecule has 112 valence electrons. The normalized spacial score (nSPS) is 25.4. The summed E-state index contributed by atoms with van der Waals surface area (Å²) in [6, 6.07) is 0.647. The summed E-state index contributed by atoms with van der Waals surface area (Å²) < 4.78 is 0. The van der Waals surface area contributed by atoms with E-state index >= 15 is 0 Å². The van der Waals surface area contributed by atoms with E-state index in [-0.39, 0.29) is 0 Å². The fraction of sp³-hybridized carbons (Fsp3) is 1.00. The van der Waals surface area contributed by atoms with Gasteiger partial charge in [0.2, 0.25) is 0 Å². The molecule has 0 aromatic heterocycles. The van der Waals surface area contributed by atoms with E-state index in [0.717, 1.165) is 5.92 Å². The molecule has 1 atom stereocenters. The van der Waals surface area contributed by atoms with Crippen LogP contribution in [-0.2, 0) is 0 Å². The Bertz CT molecular complexity index is 248. The lowest BCUT2D eigenvalue weighted by molar-refractivity contribution is 0.0763. The van der Waals surface area contributed by atoms with Gasteiger partial charge in [-0.2, -0.15) is 0 Å². The van der Waals surface area contributed by atoms with Crippen LogP contribution >= 0.6 is 0 Å². The average molecular weight is 266 g/mol. The molecular weight excluding hydrogens is 232 g/mol. The van der Waals surface area contributed by atoms with Gasteiger partial charge in [0.1, 0.15) is 0 Å². The minimum atomic E-state index is 0.307. The van der Waals surface area contributed by atoms with E-state index in [9.17, 15) is 0 Å². The molecular formula is C17H34N2. The van der Waals surface area contributed by atoms with Gasteiger partial charge >= 0.3 is 0 Å². The van der Waals surface area contributed by atoms with E-state index < -0.39 is 0 Å². The molecule has 2 fully saturated rings. The van der Waals surface area contributed by atoms with Gasteiger partial charge in [-0.25, -0.2) is 0 Å². The van der Waals surface area contributed by atoms with Crippen LogP contribution in [0.4, 0.5) is 0 Å². The van der Waals surface area contributed by atoms with Crippen LogP contribution < -0.4 is 5.32 Å². The average Bonchev–Trinajstić information content (AvgIpc) is 2.74. The fourth-order valence-corrected chi connectivity index (χ4v) is 4.21. The molecule has 0 radical (unpaired) electrons. The quantitative estimate of drug-likeness (QED) is 0.814. The molecule has 1 heterocycles. The molecule has 1 aliphatic carbocycles. The smallest absolute Gasteiger partial charge is 0.0306 e. The molecule has 1 saturated heterocycles. The van der Waals surface area contributed by atoms with Gasteiger partial charge in [-0.1, -0.05) is 38.5 Å². The zero-order valence-electron chi connectivity index (χ0n) is 13.4. The molecule has 0 aromatic rings. The summed E-state index contributed by atoms with van der Waals surface area (Å²) in [5.74, 6) is 0.976. The highest BCUT2D eigenvalue weighted by molar-refractivity contribution is 4.95. The highest BCUT2D eigenvalue weighted by atomic mass is 15.2. The van der Waals surface area contributed by atoms with Crippen LogP contribution in [0.25, 0.3) is 0 Å². The summed E-state index contributed by atoms with van der Waals surface area (Å²) in [6.45, 7) is 7.54. The SMILES string of the molecule is CNC(CC1CCCC1)C(C)(C)N1CCCCCC1. The van der Waals surface area contributed by atoms with E-state index in [4.69, 9.17) is 0 Å². The predicted molar refractivity (Wildman–Crippen MR) is 83.5 cm³/mol. The van der Waals surface area contributed by atoms with Gasteiger partial charge in [0, 0.05) is 11.6 Å². The third-order valence-corrected chi connectivity index (χ3v) is 5.67. The maximum atomic E-state index is 3.65. The Morgan fingerprint density at radius 3 is 2.11 bits per heavy atom. The Kier molecular flexibility index (Phi) is 5.70. The number of nitrogens with one attached hydrogen (secondary N) is 1. The Balaban J connectivity index is 1.96. The van der Waals surface area contributed by atoms with Crippen molar-refractivity contribution in [2.45, 2.75) is 83.2 Å². The van der Waals surface area contributed by atoms with Gasteiger partial charge in [-0.3, -0.25) is 4.90 Å². The first-order valence-electron chi connectivity index (χ1n) is 8.57. The topological polar surface area (TPSA) is 15.3 Å². The van der Waals surface area contributed by atoms with E-state index in [1.165, 1.54) is 70.9 Å². The summed E-state index contributed by atoms with van der Waals surface area (Å²) in [4.78, 5) is 2.76. The second kappa shape index (κ2) is 7.08. The monoisotopic (exact) mass is 266 g/mol. The molecule has 2 heteroatoms. The van der Waals surface area contributed by atoms with E-state index in [1.807, 2.05) is 0 Å². The van der Waals surface area contributed by atoms with Gasteiger partial charge < -0.3 is 5.32 Å². The van der Waals surface area contributed by atoms with Gasteiger partial charge in [0.25, 0.3) is 0 Å². The molecule has 1 unspecified atom stereocenters. The molecule has 19 heavy (non-hydrogen) atoms. The van der Waals surface area contributed by atoms with Crippen LogP contribution in [0.15, 0.2) is 0 Å². The molecule has 0 bridgehead atoms. The summed E-state index contributed by atoms with van der Waals surface area (Å²) in [5, 5.41) is 3.65. The van der Waals surface area contributed by atoms with Gasteiger partial charge in [0.05, 0.1) is 0 Å². The first-order valence-corrected chi connectivity index (χ1v) is 8.57. The second-order valence-corrected chi connectivity index (χ2v) is 7.28. The molecule has 1 aliphatic heterocycles. The van der Waals surface area contributed by atoms with Gasteiger partial charge in [-0.05, 0) is 59.2 Å². The van der Waals surface area contributed by atoms with Crippen molar-refractivity contribution in [2.24, 2.45) is 5.92 Å². The van der Waals surface area contributed by atoms with Crippen LogP contribution in [0, 0.1) is 5.92 Å². The standard InChI is InChI=1S/C17H34N2/c1-17(2,19-12-8-4-5-9-13-19)16(18-3)14-15-10-6-7-11-15/h15-16,18H,4-14H2,1-3H3. The predicted octanol–water partition coefficient (Wildman–Crippen LogP) is 3.81. The number of likely N-dealkylation sites (tertiary alicyclic amines) is 1. The van der Waals surface area contributed by atoms with Crippen molar-refractivity contribution in [1.29, 1.82) is 0 Å². The maximum absolute atomic E-state index is 3.65. The first-order chi connectivity index (χ1) is 9.14. The van der Waals surface area contributed by atoms with Crippen molar-refractivity contribution in [1.82, 2.24) is 10.2 Å². The van der Waals surface area contributed by atoms with Crippen molar-refractivity contribution in [3.8, 4) is 0 Å². The minimum Gasteiger partial charge on any atom is -0.315 e. The van der Waals surface area contributed by atoms with Crippen molar-refractivity contribution in [3.05, 3.63) is 0 Å². The Morgan fingerprint density at radius 2 is 1.58 bits per heavy atom. The minimum absolute atomic E-state index is 0.307. The molecule has 2 nitrogen and oxygen atoms in total. The zero-order valence-corrected chi connectivity index (χ0v) is 13.4. The van der Waals surface area contributed by atoms with E-state index in [1.54, 1.807) is 0 Å². The lowest BCUT2D eigenvalue weighted by Gasteiger charge is -2.45. The van der Waals surface area contributed by atoms with E-state index in [0.29, 0.717) is 11.6 Å². The number of rotatable bonds is 5. The van der Waals surface area contributed by atoms with Crippen LogP contribution in [0.2, 0.25) is 0 Å². The molecule has 0 amide bonds. The van der Waals surface area contributed by atoms with Gasteiger partial charge in [0.15, 0.2) is 0 Å². The summed E-state index contributed by atoms with van der Waals surface area (Å²) in [5.41, 5.74) is 0.307. The Labute approximate surface area is 120 Å². The molecule has 1 N–H and O–H groups in total. The van der Waals surface area contributed by atoms with Crippen LogP contribution in [0.3, 0.4) is 0 Å². The zero-order chi connectivity index (χ0) is 13.7. The lowest BCUT2D eigenvalue weighted by Crippen LogP contribution is -2.57. The number of likely N-dealkylation sites (N-methyl/N-ethyl adjacent to an activating group) is 1. The molecule has 1 saturated carbocycles. The molecule has 2 aliphatic rings. The fourth-order valence-electron chi connectivity index (χ4n) is 4.21. The molecule has 2 rings (SSSR count). The highest BCUT2D eigenvalue weighted by Crippen LogP contribution is 2.33. The Morgan fingerprint density at radius 1 is 1.00 bits per heavy atom. The van der Waals surface area contributed by atoms with Crippen molar-refractivity contribution >= 4 is 0 Å². The van der Waals surface area contributed by atoms with Gasteiger partial charge in [-0.15, -0.1) is 0 Å². The van der Waals surface area contributed by atoms with Crippen LogP contribution in [-0.4, -0.2) is 36.6 Å². The largest absolute Gasteiger partial charge is 0.315 e. The number of hydrogen-bond acceptors (Lipinski definition) is 2. The van der Waals surface area contributed by atoms with Crippen LogP contribution in [0.5, 0.6) is 0 Å². The first kappa shape index (κ1) is 15.3. The molecule has 0 spiro atoms. The summed E-state index contributed by atoms with van der Waals surface area (Å²) >= 11 is 0. The van der Waals surface area contributed by atoms with Crippen molar-refractivity contribution in [3.63, 3.8) is 0 Å². The third-order valence-electron chi connectivity index (χ3n) is 5.67. The number of nitrogens with zero attached hydrogens (tertiary/aromatic N) is 1. The number of hydrogen-bond donors (Lipinski definition) is 1.